The minimum absolute atomic E-state index is 0.0327. The fraction of sp³-hybridized carbons (Fsp3) is 0.556. The zero-order chi connectivity index (χ0) is 26.0. The molecular formula is C27H31N3O5S2. The number of unbranched alkanes of at least 4 members (excludes halogenated alkanes) is 2. The number of anilines is 1. The van der Waals surface area contributed by atoms with Crippen LogP contribution in [-0.4, -0.2) is 58.7 Å². The zero-order valence-corrected chi connectivity index (χ0v) is 22.5. The molecule has 0 unspecified atom stereocenters. The third-order valence-electron chi connectivity index (χ3n) is 8.86. The van der Waals surface area contributed by atoms with Crippen molar-refractivity contribution in [3.63, 3.8) is 0 Å². The SMILES string of the molecule is CN(C)c1ccc([C@H]2c3sc(=O)[nH]c3S[C@@H]3[C@H]4C[C@@H]([C@@H]5C(=O)N(CCCCCC(=O)O)C(=O)[C@H]45)[C@@H]23)cc1. The Morgan fingerprint density at radius 1 is 1.05 bits per heavy atom. The molecule has 1 aromatic carbocycles. The molecule has 2 aliphatic heterocycles. The van der Waals surface area contributed by atoms with Crippen LogP contribution in [0.5, 0.6) is 0 Å². The molecule has 1 saturated heterocycles. The van der Waals surface area contributed by atoms with Gasteiger partial charge in [0.15, 0.2) is 0 Å². The van der Waals surface area contributed by atoms with Gasteiger partial charge in [-0.3, -0.25) is 24.1 Å². The Hall–Kier alpha value is -2.59. The number of nitrogens with one attached hydrogen (secondary N) is 1. The van der Waals surface area contributed by atoms with Crippen molar-refractivity contribution < 1.29 is 19.5 Å². The highest BCUT2D eigenvalue weighted by Gasteiger charge is 2.69. The Morgan fingerprint density at radius 2 is 1.76 bits per heavy atom. The average Bonchev–Trinajstić information content (AvgIpc) is 3.58. The Balaban J connectivity index is 1.28. The summed E-state index contributed by atoms with van der Waals surface area (Å²) in [5, 5.41) is 9.96. The van der Waals surface area contributed by atoms with Crippen LogP contribution in [0.2, 0.25) is 0 Å². The predicted molar refractivity (Wildman–Crippen MR) is 142 cm³/mol. The van der Waals surface area contributed by atoms with E-state index in [-0.39, 0.29) is 63.9 Å². The Morgan fingerprint density at radius 3 is 2.43 bits per heavy atom. The Bertz CT molecular complexity index is 1300. The molecule has 3 heterocycles. The molecule has 10 heteroatoms. The third kappa shape index (κ3) is 3.94. The summed E-state index contributed by atoms with van der Waals surface area (Å²) in [5.74, 6) is -0.981. The van der Waals surface area contributed by atoms with Gasteiger partial charge in [0.05, 0.1) is 16.9 Å². The molecule has 196 valence electrons. The normalized spacial score (nSPS) is 31.4. The fourth-order valence-corrected chi connectivity index (χ4v) is 10.3. The molecule has 0 spiro atoms. The average molecular weight is 542 g/mol. The van der Waals surface area contributed by atoms with Crippen LogP contribution in [0.25, 0.3) is 0 Å². The number of carboxylic acids is 1. The van der Waals surface area contributed by atoms with Crippen molar-refractivity contribution >= 4 is 46.6 Å². The van der Waals surface area contributed by atoms with Crippen LogP contribution in [-0.2, 0) is 14.4 Å². The molecule has 2 saturated carbocycles. The largest absolute Gasteiger partial charge is 0.481 e. The lowest BCUT2D eigenvalue weighted by molar-refractivity contribution is -0.141. The van der Waals surface area contributed by atoms with Crippen LogP contribution in [0.1, 0.15) is 48.5 Å². The van der Waals surface area contributed by atoms with Crippen molar-refractivity contribution in [2.75, 3.05) is 25.5 Å². The third-order valence-corrected chi connectivity index (χ3v) is 11.4. The number of H-pyrrole nitrogens is 1. The van der Waals surface area contributed by atoms with E-state index in [2.05, 4.69) is 34.1 Å². The summed E-state index contributed by atoms with van der Waals surface area (Å²) in [4.78, 5) is 57.8. The molecule has 7 atom stereocenters. The number of thiazole rings is 1. The first-order chi connectivity index (χ1) is 17.8. The fourth-order valence-electron chi connectivity index (χ4n) is 7.37. The number of likely N-dealkylation sites (tertiary alicyclic amines) is 1. The number of thioether (sulfide) groups is 1. The number of hydrogen-bond donors (Lipinski definition) is 2. The molecule has 3 fully saturated rings. The smallest absolute Gasteiger partial charge is 0.305 e. The number of carbonyl (C=O) groups is 3. The van der Waals surface area contributed by atoms with Gasteiger partial charge in [-0.15, -0.1) is 11.8 Å². The summed E-state index contributed by atoms with van der Waals surface area (Å²) < 4.78 is 0. The summed E-state index contributed by atoms with van der Waals surface area (Å²) >= 11 is 2.99. The van der Waals surface area contributed by atoms with Gasteiger partial charge in [-0.05, 0) is 54.7 Å². The lowest BCUT2D eigenvalue weighted by Gasteiger charge is -2.43. The summed E-state index contributed by atoms with van der Waals surface area (Å²) in [5.41, 5.74) is 2.27. The number of benzene rings is 1. The van der Waals surface area contributed by atoms with Gasteiger partial charge < -0.3 is 15.0 Å². The number of hydrogen-bond acceptors (Lipinski definition) is 7. The van der Waals surface area contributed by atoms with Crippen LogP contribution >= 0.6 is 23.1 Å². The number of nitrogens with zero attached hydrogens (tertiary/aromatic N) is 2. The molecule has 8 nitrogen and oxygen atoms in total. The van der Waals surface area contributed by atoms with E-state index < -0.39 is 5.97 Å². The van der Waals surface area contributed by atoms with Gasteiger partial charge in [0.1, 0.15) is 0 Å². The highest BCUT2D eigenvalue weighted by atomic mass is 32.2. The Labute approximate surface area is 223 Å². The molecule has 2 N–H and O–H groups in total. The molecule has 37 heavy (non-hydrogen) atoms. The minimum atomic E-state index is -0.819. The quantitative estimate of drug-likeness (QED) is 0.388. The van der Waals surface area contributed by atoms with E-state index in [0.29, 0.717) is 25.8 Å². The molecule has 1 aromatic heterocycles. The van der Waals surface area contributed by atoms with Crippen molar-refractivity contribution in [1.82, 2.24) is 9.88 Å². The van der Waals surface area contributed by atoms with E-state index in [0.717, 1.165) is 27.6 Å². The maximum atomic E-state index is 13.6. The number of aromatic amines is 1. The highest BCUT2D eigenvalue weighted by Crippen LogP contribution is 2.68. The number of fused-ring (bicyclic) bond motifs is 9. The minimum Gasteiger partial charge on any atom is -0.481 e. The van der Waals surface area contributed by atoms with E-state index in [1.165, 1.54) is 16.2 Å². The van der Waals surface area contributed by atoms with Crippen LogP contribution in [0.15, 0.2) is 34.1 Å². The van der Waals surface area contributed by atoms with Crippen molar-refractivity contribution in [3.05, 3.63) is 44.4 Å². The first kappa shape index (κ1) is 24.7. The monoisotopic (exact) mass is 541 g/mol. The van der Waals surface area contributed by atoms with E-state index in [1.807, 2.05) is 14.1 Å². The van der Waals surface area contributed by atoms with Crippen LogP contribution in [0, 0.1) is 29.6 Å². The van der Waals surface area contributed by atoms with Gasteiger partial charge in [-0.25, -0.2) is 0 Å². The van der Waals surface area contributed by atoms with Crippen molar-refractivity contribution in [3.8, 4) is 0 Å². The molecule has 2 bridgehead atoms. The highest BCUT2D eigenvalue weighted by molar-refractivity contribution is 8.00. The summed E-state index contributed by atoms with van der Waals surface area (Å²) in [6.45, 7) is 0.377. The van der Waals surface area contributed by atoms with E-state index in [9.17, 15) is 19.2 Å². The second-order valence-electron chi connectivity index (χ2n) is 11.0. The Kier molecular flexibility index (Phi) is 6.22. The number of aliphatic carboxylic acids is 1. The molecular weight excluding hydrogens is 510 g/mol. The van der Waals surface area contributed by atoms with Gasteiger partial charge in [-0.1, -0.05) is 29.9 Å². The van der Waals surface area contributed by atoms with Gasteiger partial charge in [0, 0.05) is 48.8 Å². The molecule has 2 aromatic rings. The lowest BCUT2D eigenvalue weighted by atomic mass is 9.68. The summed E-state index contributed by atoms with van der Waals surface area (Å²) in [6, 6.07) is 8.51. The van der Waals surface area contributed by atoms with Crippen molar-refractivity contribution in [2.24, 2.45) is 29.6 Å². The number of carbonyl (C=O) groups excluding carboxylic acids is 2. The number of aromatic nitrogens is 1. The molecule has 2 amide bonds. The lowest BCUT2D eigenvalue weighted by Crippen LogP contribution is -2.42. The zero-order valence-electron chi connectivity index (χ0n) is 20.9. The predicted octanol–water partition coefficient (Wildman–Crippen LogP) is 3.62. The molecule has 0 radical (unpaired) electrons. The number of carboxylic acid groups (broad SMARTS) is 1. The van der Waals surface area contributed by atoms with E-state index >= 15 is 0 Å². The first-order valence-corrected chi connectivity index (χ1v) is 14.7. The van der Waals surface area contributed by atoms with E-state index in [4.69, 9.17) is 5.11 Å². The van der Waals surface area contributed by atoms with Crippen molar-refractivity contribution in [2.45, 2.75) is 48.3 Å². The van der Waals surface area contributed by atoms with Crippen LogP contribution < -0.4 is 9.77 Å². The maximum Gasteiger partial charge on any atom is 0.305 e. The molecule has 4 aliphatic rings. The van der Waals surface area contributed by atoms with Gasteiger partial charge in [0.2, 0.25) is 11.8 Å². The van der Waals surface area contributed by atoms with E-state index in [1.54, 1.807) is 11.8 Å². The van der Waals surface area contributed by atoms with Crippen LogP contribution in [0.4, 0.5) is 5.69 Å². The number of imide groups is 1. The second-order valence-corrected chi connectivity index (χ2v) is 13.2. The summed E-state index contributed by atoms with van der Waals surface area (Å²) in [6.07, 6.45) is 2.87. The standard InChI is InChI=1S/C27H31N3O5S2/c1-29(2)14-9-7-13(8-10-14)18-19-15-12-16(22(19)36-24-23(18)37-27(35)28-24)21-20(15)25(33)30(26(21)34)11-5-3-4-6-17(31)32/h7-10,15-16,18-22H,3-6,11-12H2,1-2H3,(H,28,35)(H,31,32)/t15-,16+,18-,19+,20+,21-,22-/m1/s1. The van der Waals surface area contributed by atoms with Gasteiger partial charge in [-0.2, -0.15) is 0 Å². The van der Waals surface area contributed by atoms with Crippen LogP contribution in [0.3, 0.4) is 0 Å². The van der Waals surface area contributed by atoms with Gasteiger partial charge >= 0.3 is 10.8 Å². The topological polar surface area (TPSA) is 111 Å². The first-order valence-electron chi connectivity index (χ1n) is 13.0. The molecule has 6 rings (SSSR count). The maximum absolute atomic E-state index is 13.6. The van der Waals surface area contributed by atoms with Gasteiger partial charge in [0.25, 0.3) is 0 Å². The number of amides is 2. The molecule has 2 aliphatic carbocycles. The summed E-state index contributed by atoms with van der Waals surface area (Å²) in [7, 11) is 4.02. The second kappa shape index (κ2) is 9.31. The number of rotatable bonds is 8. The van der Waals surface area contributed by atoms with Crippen molar-refractivity contribution in [1.29, 1.82) is 0 Å².